The highest BCUT2D eigenvalue weighted by atomic mass is 19.4. The number of nitrogens with zero attached hydrogens (tertiary/aromatic N) is 6. The standard InChI is InChI=1S/C21H15F6N7/c1-11-6-7-12(2)34(11)19-32-17(14-4-3-5-15(30-14)20(22,23)24)31-18(33-19)29-13-8-9-28-16(10-13)21(25,26)27/h3-10H,1-2H3,(H,28,29,31,32,33). The highest BCUT2D eigenvalue weighted by molar-refractivity contribution is 5.58. The van der Waals surface area contributed by atoms with Crippen molar-refractivity contribution < 1.29 is 26.3 Å². The summed E-state index contributed by atoms with van der Waals surface area (Å²) in [4.78, 5) is 19.5. The second kappa shape index (κ2) is 8.39. The first kappa shape index (κ1) is 23.1. The first-order valence-corrected chi connectivity index (χ1v) is 9.68. The lowest BCUT2D eigenvalue weighted by Crippen LogP contribution is -2.12. The summed E-state index contributed by atoms with van der Waals surface area (Å²) in [7, 11) is 0. The highest BCUT2D eigenvalue weighted by Crippen LogP contribution is 2.31. The Morgan fingerprint density at radius 3 is 2.09 bits per heavy atom. The molecule has 0 radical (unpaired) electrons. The van der Waals surface area contributed by atoms with Crippen LogP contribution in [0.2, 0.25) is 0 Å². The molecule has 0 aliphatic rings. The lowest BCUT2D eigenvalue weighted by atomic mass is 10.3. The number of aryl methyl sites for hydroxylation is 2. The largest absolute Gasteiger partial charge is 0.433 e. The smallest absolute Gasteiger partial charge is 0.324 e. The summed E-state index contributed by atoms with van der Waals surface area (Å²) in [6.45, 7) is 3.54. The molecule has 0 bridgehead atoms. The van der Waals surface area contributed by atoms with Crippen molar-refractivity contribution in [1.29, 1.82) is 0 Å². The number of alkyl halides is 6. The van der Waals surface area contributed by atoms with Gasteiger partial charge in [-0.15, -0.1) is 0 Å². The fourth-order valence-electron chi connectivity index (χ4n) is 3.13. The summed E-state index contributed by atoms with van der Waals surface area (Å²) < 4.78 is 80.2. The van der Waals surface area contributed by atoms with Crippen molar-refractivity contribution in [2.24, 2.45) is 0 Å². The zero-order valence-corrected chi connectivity index (χ0v) is 17.6. The first-order valence-electron chi connectivity index (χ1n) is 9.68. The molecule has 0 aliphatic carbocycles. The van der Waals surface area contributed by atoms with Gasteiger partial charge in [-0.2, -0.15) is 41.3 Å². The predicted octanol–water partition coefficient (Wildman–Crippen LogP) is 5.52. The summed E-state index contributed by atoms with van der Waals surface area (Å²) in [6.07, 6.45) is -8.40. The molecular weight excluding hydrogens is 464 g/mol. The van der Waals surface area contributed by atoms with E-state index in [1.165, 1.54) is 12.1 Å². The van der Waals surface area contributed by atoms with Crippen LogP contribution >= 0.6 is 0 Å². The number of nitrogens with one attached hydrogen (secondary N) is 1. The molecule has 7 nitrogen and oxygen atoms in total. The van der Waals surface area contributed by atoms with E-state index in [0.29, 0.717) is 0 Å². The summed E-state index contributed by atoms with van der Waals surface area (Å²) in [6, 6.07) is 8.86. The Balaban J connectivity index is 1.84. The second-order valence-corrected chi connectivity index (χ2v) is 7.19. The van der Waals surface area contributed by atoms with Crippen LogP contribution in [0.5, 0.6) is 0 Å². The number of hydrogen-bond donors (Lipinski definition) is 1. The predicted molar refractivity (Wildman–Crippen MR) is 109 cm³/mol. The molecule has 4 aromatic rings. The first-order chi connectivity index (χ1) is 15.9. The fourth-order valence-corrected chi connectivity index (χ4v) is 3.13. The van der Waals surface area contributed by atoms with Gasteiger partial charge in [-0.1, -0.05) is 6.07 Å². The molecule has 0 atom stereocenters. The van der Waals surface area contributed by atoms with E-state index in [0.717, 1.165) is 35.8 Å². The Morgan fingerprint density at radius 1 is 0.765 bits per heavy atom. The lowest BCUT2D eigenvalue weighted by Gasteiger charge is -2.13. The molecular formula is C21H15F6N7. The average Bonchev–Trinajstić information content (AvgIpc) is 3.10. The van der Waals surface area contributed by atoms with Gasteiger partial charge in [-0.05, 0) is 50.2 Å². The van der Waals surface area contributed by atoms with Crippen LogP contribution < -0.4 is 5.32 Å². The third-order valence-electron chi connectivity index (χ3n) is 4.67. The molecule has 13 heteroatoms. The molecule has 1 N–H and O–H groups in total. The second-order valence-electron chi connectivity index (χ2n) is 7.19. The molecule has 4 aromatic heterocycles. The van der Waals surface area contributed by atoms with Gasteiger partial charge < -0.3 is 5.32 Å². The highest BCUT2D eigenvalue weighted by Gasteiger charge is 2.33. The maximum absolute atomic E-state index is 13.2. The minimum absolute atomic E-state index is 0.0247. The molecule has 176 valence electrons. The van der Waals surface area contributed by atoms with Gasteiger partial charge in [-0.25, -0.2) is 4.98 Å². The van der Waals surface area contributed by atoms with Crippen molar-refractivity contribution in [2.45, 2.75) is 26.2 Å². The lowest BCUT2D eigenvalue weighted by molar-refractivity contribution is -0.141. The van der Waals surface area contributed by atoms with Gasteiger partial charge in [0, 0.05) is 23.3 Å². The third-order valence-corrected chi connectivity index (χ3v) is 4.67. The van der Waals surface area contributed by atoms with Gasteiger partial charge >= 0.3 is 12.4 Å². The fraction of sp³-hybridized carbons (Fsp3) is 0.190. The topological polar surface area (TPSA) is 81.4 Å². The molecule has 0 aromatic carbocycles. The number of halogens is 6. The van der Waals surface area contributed by atoms with Gasteiger partial charge in [0.15, 0.2) is 5.82 Å². The van der Waals surface area contributed by atoms with Crippen LogP contribution in [-0.2, 0) is 12.4 Å². The monoisotopic (exact) mass is 479 g/mol. The van der Waals surface area contributed by atoms with Crippen molar-refractivity contribution in [3.8, 4) is 17.5 Å². The van der Waals surface area contributed by atoms with E-state index in [1.807, 2.05) is 0 Å². The van der Waals surface area contributed by atoms with Crippen LogP contribution in [0.15, 0.2) is 48.7 Å². The van der Waals surface area contributed by atoms with Crippen LogP contribution in [0, 0.1) is 13.8 Å². The quantitative estimate of drug-likeness (QED) is 0.389. The number of aromatic nitrogens is 6. The van der Waals surface area contributed by atoms with Crippen molar-refractivity contribution in [2.75, 3.05) is 5.32 Å². The van der Waals surface area contributed by atoms with Gasteiger partial charge in [0.1, 0.15) is 17.1 Å². The van der Waals surface area contributed by atoms with Crippen molar-refractivity contribution in [3.05, 3.63) is 71.4 Å². The third kappa shape index (κ3) is 4.82. The van der Waals surface area contributed by atoms with Gasteiger partial charge in [-0.3, -0.25) is 9.55 Å². The number of rotatable bonds is 4. The van der Waals surface area contributed by atoms with Gasteiger partial charge in [0.2, 0.25) is 11.9 Å². The molecule has 4 rings (SSSR count). The van der Waals surface area contributed by atoms with E-state index in [-0.39, 0.29) is 29.1 Å². The van der Waals surface area contributed by atoms with Crippen LogP contribution in [-0.4, -0.2) is 29.5 Å². The van der Waals surface area contributed by atoms with E-state index in [4.69, 9.17) is 0 Å². The van der Waals surface area contributed by atoms with Crippen LogP contribution in [0.4, 0.5) is 38.0 Å². The van der Waals surface area contributed by atoms with Crippen LogP contribution in [0.25, 0.3) is 17.5 Å². The molecule has 4 heterocycles. The zero-order chi connectivity index (χ0) is 24.7. The summed E-state index contributed by atoms with van der Waals surface area (Å²) in [5, 5.41) is 2.65. The normalized spacial score (nSPS) is 12.1. The van der Waals surface area contributed by atoms with E-state index >= 15 is 0 Å². The van der Waals surface area contributed by atoms with Gasteiger partial charge in [0.05, 0.1) is 0 Å². The minimum atomic E-state index is -4.69. The van der Waals surface area contributed by atoms with Crippen LogP contribution in [0.1, 0.15) is 22.8 Å². The summed E-state index contributed by atoms with van der Waals surface area (Å²) in [5.74, 6) is -0.334. The van der Waals surface area contributed by atoms with E-state index in [1.54, 1.807) is 30.5 Å². The van der Waals surface area contributed by atoms with E-state index in [2.05, 4.69) is 30.2 Å². The Bertz CT molecular complexity index is 1320. The molecule has 0 saturated heterocycles. The van der Waals surface area contributed by atoms with Crippen molar-refractivity contribution >= 4 is 11.6 Å². The van der Waals surface area contributed by atoms with Crippen LogP contribution in [0.3, 0.4) is 0 Å². The van der Waals surface area contributed by atoms with Crippen molar-refractivity contribution in [3.63, 3.8) is 0 Å². The Labute approximate surface area is 188 Å². The molecule has 0 aliphatic heterocycles. The van der Waals surface area contributed by atoms with E-state index in [9.17, 15) is 26.3 Å². The Hall–Kier alpha value is -4.03. The number of pyridine rings is 2. The molecule has 34 heavy (non-hydrogen) atoms. The SMILES string of the molecule is Cc1ccc(C)n1-c1nc(Nc2ccnc(C(F)(F)F)c2)nc(-c2cccc(C(F)(F)F)n2)n1. The number of anilines is 2. The van der Waals surface area contributed by atoms with Crippen molar-refractivity contribution in [1.82, 2.24) is 29.5 Å². The Morgan fingerprint density at radius 2 is 1.44 bits per heavy atom. The maximum atomic E-state index is 13.2. The summed E-state index contributed by atoms with van der Waals surface area (Å²) in [5.41, 5.74) is -1.04. The van der Waals surface area contributed by atoms with Gasteiger partial charge in [0.25, 0.3) is 0 Å². The minimum Gasteiger partial charge on any atom is -0.324 e. The molecule has 0 fully saturated rings. The Kier molecular flexibility index (Phi) is 5.71. The maximum Gasteiger partial charge on any atom is 0.433 e. The molecule has 0 spiro atoms. The van der Waals surface area contributed by atoms with E-state index < -0.39 is 23.7 Å². The molecule has 0 unspecified atom stereocenters. The molecule has 0 amide bonds. The zero-order valence-electron chi connectivity index (χ0n) is 17.6. The average molecular weight is 479 g/mol. The molecule has 0 saturated carbocycles. The number of hydrogen-bond acceptors (Lipinski definition) is 6. The summed E-state index contributed by atoms with van der Waals surface area (Å²) >= 11 is 0.